The van der Waals surface area contributed by atoms with E-state index in [1.807, 2.05) is 0 Å². The Bertz CT molecular complexity index is 665. The number of amides is 1. The van der Waals surface area contributed by atoms with Crippen LogP contribution in [0, 0.1) is 6.92 Å². The summed E-state index contributed by atoms with van der Waals surface area (Å²) in [6.07, 6.45) is -0.0392. The van der Waals surface area contributed by atoms with E-state index in [4.69, 9.17) is 10.3 Å². The third-order valence-corrected chi connectivity index (χ3v) is 3.40. The molecule has 0 unspecified atom stereocenters. The molecular formula is C13H13N3O3. The number of nitrogens with zero attached hydrogens (tertiary/aromatic N) is 1. The summed E-state index contributed by atoms with van der Waals surface area (Å²) in [5, 5.41) is 17.0. The zero-order valence-corrected chi connectivity index (χ0v) is 10.3. The van der Waals surface area contributed by atoms with E-state index in [-0.39, 0.29) is 6.42 Å². The number of hydrogen-bond donors (Lipinski definition) is 3. The number of nitrogens with two attached hydrogens (primary N) is 1. The predicted octanol–water partition coefficient (Wildman–Crippen LogP) is 0.948. The standard InChI is InChI=1S/C13H13N3O3/c1-7-11(14)10(19-16-7)6-13(18)8-4-2-3-5-9(8)15-12(13)17/h2-5,18H,6,14H2,1H3,(H,15,17)/t13-/m0/s1. The molecule has 1 aliphatic rings. The molecule has 2 aromatic rings. The van der Waals surface area contributed by atoms with Crippen molar-refractivity contribution in [3.05, 3.63) is 41.3 Å². The number of rotatable bonds is 2. The summed E-state index contributed by atoms with van der Waals surface area (Å²) >= 11 is 0. The van der Waals surface area contributed by atoms with E-state index in [1.165, 1.54) is 0 Å². The van der Waals surface area contributed by atoms with Crippen LogP contribution in [0.3, 0.4) is 0 Å². The molecule has 3 rings (SSSR count). The van der Waals surface area contributed by atoms with Crippen molar-refractivity contribution < 1.29 is 14.4 Å². The van der Waals surface area contributed by atoms with Crippen molar-refractivity contribution in [3.63, 3.8) is 0 Å². The summed E-state index contributed by atoms with van der Waals surface area (Å²) in [5.74, 6) is -0.172. The van der Waals surface area contributed by atoms with E-state index in [0.29, 0.717) is 28.4 Å². The first-order chi connectivity index (χ1) is 9.02. The van der Waals surface area contributed by atoms with Crippen LogP contribution in [-0.2, 0) is 16.8 Å². The molecule has 1 aliphatic heterocycles. The largest absolute Gasteiger partial charge is 0.394 e. The average Bonchev–Trinajstić information content (AvgIpc) is 2.83. The molecule has 4 N–H and O–H groups in total. The highest BCUT2D eigenvalue weighted by atomic mass is 16.5. The van der Waals surface area contributed by atoms with Gasteiger partial charge >= 0.3 is 0 Å². The summed E-state index contributed by atoms with van der Waals surface area (Å²) in [6.45, 7) is 1.70. The Morgan fingerprint density at radius 3 is 2.89 bits per heavy atom. The second-order valence-electron chi connectivity index (χ2n) is 4.64. The zero-order valence-electron chi connectivity index (χ0n) is 10.3. The highest BCUT2D eigenvalue weighted by molar-refractivity contribution is 6.05. The lowest BCUT2D eigenvalue weighted by atomic mass is 9.90. The van der Waals surface area contributed by atoms with Crippen LogP contribution in [0.5, 0.6) is 0 Å². The van der Waals surface area contributed by atoms with Crippen LogP contribution in [0.1, 0.15) is 17.0 Å². The van der Waals surface area contributed by atoms with Crippen molar-refractivity contribution in [3.8, 4) is 0 Å². The number of carbonyl (C=O) groups excluding carboxylic acids is 1. The van der Waals surface area contributed by atoms with Gasteiger partial charge in [-0.05, 0) is 13.0 Å². The van der Waals surface area contributed by atoms with Gasteiger partial charge in [-0.1, -0.05) is 23.4 Å². The monoisotopic (exact) mass is 259 g/mol. The third-order valence-electron chi connectivity index (χ3n) is 3.40. The van der Waals surface area contributed by atoms with Gasteiger partial charge in [-0.15, -0.1) is 0 Å². The van der Waals surface area contributed by atoms with Crippen LogP contribution in [-0.4, -0.2) is 16.2 Å². The van der Waals surface area contributed by atoms with Crippen LogP contribution < -0.4 is 11.1 Å². The van der Waals surface area contributed by atoms with Crippen molar-refractivity contribution >= 4 is 17.3 Å². The highest BCUT2D eigenvalue weighted by Crippen LogP contribution is 2.39. The SMILES string of the molecule is Cc1noc(C[C@@]2(O)C(=O)Nc3ccccc32)c1N. The minimum Gasteiger partial charge on any atom is -0.394 e. The zero-order chi connectivity index (χ0) is 13.6. The Morgan fingerprint density at radius 1 is 1.47 bits per heavy atom. The number of nitrogen functional groups attached to an aromatic ring is 1. The number of fused-ring (bicyclic) bond motifs is 1. The molecule has 2 heterocycles. The average molecular weight is 259 g/mol. The molecule has 0 fully saturated rings. The molecule has 98 valence electrons. The van der Waals surface area contributed by atoms with Crippen LogP contribution >= 0.6 is 0 Å². The van der Waals surface area contributed by atoms with E-state index < -0.39 is 11.5 Å². The summed E-state index contributed by atoms with van der Waals surface area (Å²) in [6, 6.07) is 6.99. The molecule has 0 radical (unpaired) electrons. The molecule has 19 heavy (non-hydrogen) atoms. The molecule has 0 spiro atoms. The highest BCUT2D eigenvalue weighted by Gasteiger charge is 2.46. The number of benzene rings is 1. The number of aliphatic hydroxyl groups is 1. The Hall–Kier alpha value is -2.34. The minimum absolute atomic E-state index is 0.0392. The van der Waals surface area contributed by atoms with E-state index in [0.717, 1.165) is 0 Å². The molecular weight excluding hydrogens is 246 g/mol. The lowest BCUT2D eigenvalue weighted by Crippen LogP contribution is -2.36. The molecule has 0 bridgehead atoms. The molecule has 1 amide bonds. The number of para-hydroxylation sites is 1. The topological polar surface area (TPSA) is 101 Å². The minimum atomic E-state index is -1.67. The van der Waals surface area contributed by atoms with Gasteiger partial charge < -0.3 is 20.7 Å². The molecule has 1 aromatic heterocycles. The second kappa shape index (κ2) is 3.83. The number of nitrogens with one attached hydrogen (secondary N) is 1. The Morgan fingerprint density at radius 2 is 2.21 bits per heavy atom. The predicted molar refractivity (Wildman–Crippen MR) is 68.3 cm³/mol. The first-order valence-electron chi connectivity index (χ1n) is 5.86. The van der Waals surface area contributed by atoms with Gasteiger partial charge in [-0.2, -0.15) is 0 Å². The first-order valence-corrected chi connectivity index (χ1v) is 5.86. The maximum absolute atomic E-state index is 12.0. The van der Waals surface area contributed by atoms with Gasteiger partial charge in [0.15, 0.2) is 11.4 Å². The van der Waals surface area contributed by atoms with E-state index in [1.54, 1.807) is 31.2 Å². The fourth-order valence-electron chi connectivity index (χ4n) is 2.26. The molecule has 6 nitrogen and oxygen atoms in total. The summed E-state index contributed by atoms with van der Waals surface area (Å²) in [7, 11) is 0. The van der Waals surface area contributed by atoms with Crippen molar-refractivity contribution in [1.82, 2.24) is 5.16 Å². The number of carbonyl (C=O) groups is 1. The van der Waals surface area contributed by atoms with Gasteiger partial charge in [0.2, 0.25) is 0 Å². The lowest BCUT2D eigenvalue weighted by Gasteiger charge is -2.19. The van der Waals surface area contributed by atoms with E-state index in [9.17, 15) is 9.90 Å². The summed E-state index contributed by atoms with van der Waals surface area (Å²) < 4.78 is 5.07. The quantitative estimate of drug-likeness (QED) is 0.745. The van der Waals surface area contributed by atoms with Crippen LogP contribution in [0.15, 0.2) is 28.8 Å². The Labute approximate surface area is 109 Å². The van der Waals surface area contributed by atoms with Gasteiger partial charge in [0.1, 0.15) is 5.69 Å². The maximum Gasteiger partial charge on any atom is 0.261 e. The van der Waals surface area contributed by atoms with Gasteiger partial charge in [0.25, 0.3) is 5.91 Å². The van der Waals surface area contributed by atoms with Crippen molar-refractivity contribution in [2.24, 2.45) is 0 Å². The molecule has 0 saturated heterocycles. The third kappa shape index (κ3) is 1.61. The number of aryl methyl sites for hydroxylation is 1. The van der Waals surface area contributed by atoms with E-state index in [2.05, 4.69) is 10.5 Å². The van der Waals surface area contributed by atoms with Crippen molar-refractivity contribution in [1.29, 1.82) is 0 Å². The first kappa shape index (κ1) is 11.7. The van der Waals surface area contributed by atoms with Crippen LogP contribution in [0.25, 0.3) is 0 Å². The van der Waals surface area contributed by atoms with Gasteiger partial charge in [0.05, 0.1) is 12.1 Å². The maximum atomic E-state index is 12.0. The molecule has 1 atom stereocenters. The number of anilines is 2. The van der Waals surface area contributed by atoms with Crippen LogP contribution in [0.4, 0.5) is 11.4 Å². The lowest BCUT2D eigenvalue weighted by molar-refractivity contribution is -0.133. The fraction of sp³-hybridized carbons (Fsp3) is 0.231. The Balaban J connectivity index is 2.04. The fourth-order valence-corrected chi connectivity index (χ4v) is 2.26. The smallest absolute Gasteiger partial charge is 0.261 e. The van der Waals surface area contributed by atoms with Gasteiger partial charge in [-0.3, -0.25) is 4.79 Å². The Kier molecular flexibility index (Phi) is 2.36. The van der Waals surface area contributed by atoms with Crippen molar-refractivity contribution in [2.75, 3.05) is 11.1 Å². The summed E-state index contributed by atoms with van der Waals surface area (Å²) in [5.41, 5.74) is 6.17. The molecule has 6 heteroatoms. The molecule has 0 saturated carbocycles. The van der Waals surface area contributed by atoms with Gasteiger partial charge in [0, 0.05) is 11.3 Å². The molecule has 0 aliphatic carbocycles. The molecule has 1 aromatic carbocycles. The number of hydrogen-bond acceptors (Lipinski definition) is 5. The second-order valence-corrected chi connectivity index (χ2v) is 4.64. The summed E-state index contributed by atoms with van der Waals surface area (Å²) in [4.78, 5) is 12.0. The van der Waals surface area contributed by atoms with Crippen molar-refractivity contribution in [2.45, 2.75) is 18.9 Å². The normalized spacial score (nSPS) is 21.3. The van der Waals surface area contributed by atoms with Crippen LogP contribution in [0.2, 0.25) is 0 Å². The van der Waals surface area contributed by atoms with E-state index >= 15 is 0 Å². The number of aromatic nitrogens is 1. The van der Waals surface area contributed by atoms with Gasteiger partial charge in [-0.25, -0.2) is 0 Å².